The van der Waals surface area contributed by atoms with Crippen LogP contribution in [0.4, 0.5) is 5.69 Å². The smallest absolute Gasteiger partial charge is 0.188 e. The average molecular weight is 337 g/mol. The quantitative estimate of drug-likeness (QED) is 0.501. The summed E-state index contributed by atoms with van der Waals surface area (Å²) < 4.78 is 6.48. The summed E-state index contributed by atoms with van der Waals surface area (Å²) >= 11 is 1.74. The Morgan fingerprint density at radius 2 is 1.92 bits per heavy atom. The molecule has 1 unspecified atom stereocenters. The molecule has 1 fully saturated rings. The van der Waals surface area contributed by atoms with Crippen molar-refractivity contribution in [3.63, 3.8) is 0 Å². The zero-order valence-corrected chi connectivity index (χ0v) is 15.2. The molecule has 0 amide bonds. The van der Waals surface area contributed by atoms with Gasteiger partial charge in [0.2, 0.25) is 0 Å². The first-order valence-electron chi connectivity index (χ1n) is 9.08. The largest absolute Gasteiger partial charge is 0.447 e. The van der Waals surface area contributed by atoms with Gasteiger partial charge in [0, 0.05) is 16.6 Å². The van der Waals surface area contributed by atoms with E-state index in [1.165, 1.54) is 60.1 Å². The molecule has 2 aliphatic rings. The topological polar surface area (TPSA) is 16.4 Å². The number of rotatable bonds is 1. The van der Waals surface area contributed by atoms with E-state index < -0.39 is 0 Å². The number of fused-ring (bicyclic) bond motifs is 4. The Morgan fingerprint density at radius 1 is 1.12 bits per heavy atom. The zero-order chi connectivity index (χ0) is 16.3. The second-order valence-corrected chi connectivity index (χ2v) is 8.27. The van der Waals surface area contributed by atoms with Gasteiger partial charge in [-0.05, 0) is 49.8 Å². The Kier molecular flexibility index (Phi) is 3.12. The van der Waals surface area contributed by atoms with E-state index in [0.717, 1.165) is 4.90 Å². The monoisotopic (exact) mass is 337 g/mol. The lowest BCUT2D eigenvalue weighted by molar-refractivity contribution is 0.248. The van der Waals surface area contributed by atoms with E-state index >= 15 is 0 Å². The van der Waals surface area contributed by atoms with E-state index in [4.69, 9.17) is 4.42 Å². The van der Waals surface area contributed by atoms with E-state index in [0.29, 0.717) is 6.04 Å². The average Bonchev–Trinajstić information content (AvgIpc) is 3.23. The van der Waals surface area contributed by atoms with Gasteiger partial charge in [0.05, 0.1) is 11.6 Å². The van der Waals surface area contributed by atoms with E-state index in [-0.39, 0.29) is 5.54 Å². The highest BCUT2D eigenvalue weighted by Gasteiger charge is 2.53. The van der Waals surface area contributed by atoms with Crippen LogP contribution in [-0.2, 0) is 5.54 Å². The molecule has 1 aliphatic heterocycles. The van der Waals surface area contributed by atoms with Crippen LogP contribution >= 0.6 is 11.3 Å². The summed E-state index contributed by atoms with van der Waals surface area (Å²) in [5.74, 6) is 1.26. The molecule has 1 aromatic carbocycles. The number of para-hydroxylation sites is 1. The fourth-order valence-corrected chi connectivity index (χ4v) is 5.86. The number of benzene rings is 1. The van der Waals surface area contributed by atoms with Crippen molar-refractivity contribution in [3.05, 3.63) is 52.6 Å². The Bertz CT molecular complexity index is 900. The summed E-state index contributed by atoms with van der Waals surface area (Å²) in [4.78, 5) is 3.80. The molecule has 2 aromatic heterocycles. The van der Waals surface area contributed by atoms with Gasteiger partial charge in [0.15, 0.2) is 4.90 Å². The number of thiophene rings is 1. The first kappa shape index (κ1) is 14.6. The van der Waals surface area contributed by atoms with Crippen molar-refractivity contribution >= 4 is 27.3 Å². The molecule has 0 bridgehead atoms. The Labute approximate surface area is 147 Å². The van der Waals surface area contributed by atoms with Crippen LogP contribution in [0.15, 0.2) is 40.1 Å². The third-order valence-electron chi connectivity index (χ3n) is 6.10. The summed E-state index contributed by atoms with van der Waals surface area (Å²) in [5.41, 5.74) is 4.23. The van der Waals surface area contributed by atoms with Gasteiger partial charge in [0.25, 0.3) is 0 Å². The molecule has 1 spiro atoms. The fraction of sp³-hybridized carbons (Fsp3) is 0.429. The lowest BCUT2D eigenvalue weighted by atomic mass is 9.79. The summed E-state index contributed by atoms with van der Waals surface area (Å²) in [6.45, 7) is 4.60. The first-order valence-corrected chi connectivity index (χ1v) is 9.96. The van der Waals surface area contributed by atoms with Gasteiger partial charge in [-0.2, -0.15) is 0 Å². The Balaban J connectivity index is 1.77. The van der Waals surface area contributed by atoms with Crippen LogP contribution in [0.3, 0.4) is 0 Å². The second kappa shape index (κ2) is 5.13. The highest BCUT2D eigenvalue weighted by molar-refractivity contribution is 7.16. The molecule has 1 aliphatic carbocycles. The highest BCUT2D eigenvalue weighted by atomic mass is 32.1. The van der Waals surface area contributed by atoms with Crippen LogP contribution < -0.4 is 4.90 Å². The minimum absolute atomic E-state index is 0.0534. The number of furan rings is 1. The van der Waals surface area contributed by atoms with Crippen LogP contribution in [0.5, 0.6) is 0 Å². The van der Waals surface area contributed by atoms with Crippen molar-refractivity contribution in [1.82, 2.24) is 0 Å². The van der Waals surface area contributed by atoms with E-state index in [9.17, 15) is 0 Å². The number of nitrogens with zero attached hydrogens (tertiary/aromatic N) is 1. The van der Waals surface area contributed by atoms with Gasteiger partial charge in [-0.25, -0.2) is 0 Å². The van der Waals surface area contributed by atoms with Crippen LogP contribution in [0.2, 0.25) is 0 Å². The van der Waals surface area contributed by atoms with Crippen molar-refractivity contribution in [1.29, 1.82) is 0 Å². The van der Waals surface area contributed by atoms with E-state index in [1.54, 1.807) is 11.3 Å². The summed E-state index contributed by atoms with van der Waals surface area (Å²) in [5, 5.41) is 3.49. The molecular weight excluding hydrogens is 314 g/mol. The lowest BCUT2D eigenvalue weighted by Gasteiger charge is -2.45. The van der Waals surface area contributed by atoms with E-state index in [2.05, 4.69) is 54.5 Å². The predicted octanol–water partition coefficient (Wildman–Crippen LogP) is 6.54. The van der Waals surface area contributed by atoms with E-state index in [1.807, 2.05) is 0 Å². The molecular formula is C21H23NOS. The molecule has 5 rings (SSSR count). The van der Waals surface area contributed by atoms with Gasteiger partial charge >= 0.3 is 0 Å². The van der Waals surface area contributed by atoms with Gasteiger partial charge in [-0.3, -0.25) is 0 Å². The molecule has 1 atom stereocenters. The normalized spacial score (nSPS) is 22.4. The minimum Gasteiger partial charge on any atom is -0.447 e. The van der Waals surface area contributed by atoms with Crippen LogP contribution in [0.25, 0.3) is 10.3 Å². The van der Waals surface area contributed by atoms with Gasteiger partial charge in [-0.15, -0.1) is 11.3 Å². The molecule has 124 valence electrons. The van der Waals surface area contributed by atoms with Crippen LogP contribution in [-0.4, -0.2) is 0 Å². The minimum atomic E-state index is 0.0534. The SMILES string of the molecule is Cc1ccccc1N1C(C)c2c(oc3sccc23)C12CCCCC2. The molecule has 24 heavy (non-hydrogen) atoms. The third-order valence-corrected chi connectivity index (χ3v) is 6.89. The maximum Gasteiger partial charge on any atom is 0.188 e. The van der Waals surface area contributed by atoms with Crippen molar-refractivity contribution in [2.75, 3.05) is 4.90 Å². The number of aryl methyl sites for hydroxylation is 1. The highest BCUT2D eigenvalue weighted by Crippen LogP contribution is 2.58. The number of hydrogen-bond donors (Lipinski definition) is 0. The van der Waals surface area contributed by atoms with Gasteiger partial charge in [-0.1, -0.05) is 37.5 Å². The fourth-order valence-electron chi connectivity index (χ4n) is 5.09. The predicted molar refractivity (Wildman–Crippen MR) is 101 cm³/mol. The number of hydrogen-bond acceptors (Lipinski definition) is 3. The zero-order valence-electron chi connectivity index (χ0n) is 14.3. The van der Waals surface area contributed by atoms with Crippen LogP contribution in [0, 0.1) is 6.92 Å². The summed E-state index contributed by atoms with van der Waals surface area (Å²) in [7, 11) is 0. The lowest BCUT2D eigenvalue weighted by Crippen LogP contribution is -2.44. The van der Waals surface area contributed by atoms with Crippen molar-refractivity contribution in [3.8, 4) is 0 Å². The van der Waals surface area contributed by atoms with Gasteiger partial charge in [0.1, 0.15) is 5.76 Å². The molecule has 3 heteroatoms. The van der Waals surface area contributed by atoms with Crippen molar-refractivity contribution in [2.24, 2.45) is 0 Å². The molecule has 3 aromatic rings. The maximum atomic E-state index is 6.48. The third kappa shape index (κ3) is 1.76. The molecule has 0 N–H and O–H groups in total. The standard InChI is InChI=1S/C21H23NOS/c1-14-8-4-5-9-17(14)22-15(2)18-16-10-13-24-20(16)23-19(18)21(22)11-6-3-7-12-21/h4-5,8-10,13,15H,3,6-7,11-12H2,1-2H3. The second-order valence-electron chi connectivity index (χ2n) is 7.39. The van der Waals surface area contributed by atoms with Crippen molar-refractivity contribution < 1.29 is 4.42 Å². The summed E-state index contributed by atoms with van der Waals surface area (Å²) in [6, 6.07) is 11.5. The molecule has 3 heterocycles. The first-order chi connectivity index (χ1) is 11.7. The molecule has 0 radical (unpaired) electrons. The number of anilines is 1. The summed E-state index contributed by atoms with van der Waals surface area (Å²) in [6.07, 6.45) is 6.35. The maximum absolute atomic E-state index is 6.48. The Morgan fingerprint density at radius 3 is 2.71 bits per heavy atom. The van der Waals surface area contributed by atoms with Gasteiger partial charge < -0.3 is 9.32 Å². The van der Waals surface area contributed by atoms with Crippen molar-refractivity contribution in [2.45, 2.75) is 57.5 Å². The molecule has 0 saturated heterocycles. The van der Waals surface area contributed by atoms with Crippen LogP contribution in [0.1, 0.15) is 62.0 Å². The Hall–Kier alpha value is -1.74. The molecule has 2 nitrogen and oxygen atoms in total. The molecule has 1 saturated carbocycles.